The second-order valence-corrected chi connectivity index (χ2v) is 6.56. The van der Waals surface area contributed by atoms with Gasteiger partial charge in [-0.2, -0.15) is 0 Å². The fraction of sp³-hybridized carbons (Fsp3) is 0.316. The van der Waals surface area contributed by atoms with Crippen molar-refractivity contribution in [3.05, 3.63) is 59.2 Å². The normalized spacial score (nSPS) is 22.5. The first kappa shape index (κ1) is 14.1. The van der Waals surface area contributed by atoms with Gasteiger partial charge in [-0.05, 0) is 48.6 Å². The molecular formula is C19H21N3O. The Hall–Kier alpha value is -2.49. The van der Waals surface area contributed by atoms with Gasteiger partial charge < -0.3 is 16.4 Å². The zero-order valence-corrected chi connectivity index (χ0v) is 13.0. The molecular weight excluding hydrogens is 286 g/mol. The summed E-state index contributed by atoms with van der Waals surface area (Å²) in [5.74, 6) is 0.536. The quantitative estimate of drug-likeness (QED) is 0.796. The van der Waals surface area contributed by atoms with Crippen molar-refractivity contribution in [1.29, 1.82) is 0 Å². The highest BCUT2D eigenvalue weighted by molar-refractivity contribution is 5.96. The number of hydrogen-bond acceptors (Lipinski definition) is 3. The summed E-state index contributed by atoms with van der Waals surface area (Å²) in [5, 5.41) is 0. The minimum Gasteiger partial charge on any atom is -0.397 e. The Labute approximate surface area is 136 Å². The maximum Gasteiger partial charge on any atom is 0.254 e. The van der Waals surface area contributed by atoms with E-state index in [1.807, 2.05) is 4.90 Å². The van der Waals surface area contributed by atoms with Crippen LogP contribution in [-0.4, -0.2) is 23.4 Å². The predicted molar refractivity (Wildman–Crippen MR) is 92.2 cm³/mol. The van der Waals surface area contributed by atoms with Crippen LogP contribution in [0.3, 0.4) is 0 Å². The highest BCUT2D eigenvalue weighted by atomic mass is 16.2. The smallest absolute Gasteiger partial charge is 0.254 e. The minimum absolute atomic E-state index is 0.0687. The molecule has 4 rings (SSSR count). The van der Waals surface area contributed by atoms with Crippen LogP contribution in [0.2, 0.25) is 0 Å². The molecule has 23 heavy (non-hydrogen) atoms. The number of amides is 1. The van der Waals surface area contributed by atoms with Crippen LogP contribution in [0.1, 0.15) is 40.2 Å². The number of rotatable bonds is 1. The number of carbonyl (C=O) groups is 1. The Morgan fingerprint density at radius 3 is 2.74 bits per heavy atom. The third-order valence-corrected chi connectivity index (χ3v) is 5.26. The van der Waals surface area contributed by atoms with E-state index in [9.17, 15) is 4.79 Å². The van der Waals surface area contributed by atoms with Gasteiger partial charge in [0.25, 0.3) is 5.91 Å². The summed E-state index contributed by atoms with van der Waals surface area (Å²) in [6, 6.07) is 14.1. The lowest BCUT2D eigenvalue weighted by molar-refractivity contribution is 0.0595. The van der Waals surface area contributed by atoms with Gasteiger partial charge in [0.05, 0.1) is 11.4 Å². The summed E-state index contributed by atoms with van der Waals surface area (Å²) < 4.78 is 0. The van der Waals surface area contributed by atoms with Gasteiger partial charge in [0.2, 0.25) is 0 Å². The average molecular weight is 307 g/mol. The van der Waals surface area contributed by atoms with Gasteiger partial charge in [0.1, 0.15) is 0 Å². The van der Waals surface area contributed by atoms with E-state index in [0.29, 0.717) is 22.9 Å². The largest absolute Gasteiger partial charge is 0.397 e. The number of likely N-dealkylation sites (tertiary alicyclic amines) is 1. The molecule has 0 radical (unpaired) electrons. The molecule has 4 nitrogen and oxygen atoms in total. The maximum atomic E-state index is 13.0. The molecule has 0 unspecified atom stereocenters. The van der Waals surface area contributed by atoms with Gasteiger partial charge >= 0.3 is 0 Å². The van der Waals surface area contributed by atoms with Crippen molar-refractivity contribution < 1.29 is 4.79 Å². The average Bonchev–Trinajstić information content (AvgIpc) is 2.95. The summed E-state index contributed by atoms with van der Waals surface area (Å²) >= 11 is 0. The molecule has 118 valence electrons. The lowest BCUT2D eigenvalue weighted by atomic mass is 9.88. The predicted octanol–water partition coefficient (Wildman–Crippen LogP) is 2.80. The SMILES string of the molecule is Nc1ccc(C(=O)N2CCC[C@@H]3c4ccccc4C[C@@H]32)cc1N. The molecule has 4 N–H and O–H groups in total. The van der Waals surface area contributed by atoms with Gasteiger partial charge in [-0.1, -0.05) is 24.3 Å². The van der Waals surface area contributed by atoms with Crippen molar-refractivity contribution >= 4 is 17.3 Å². The monoisotopic (exact) mass is 307 g/mol. The summed E-state index contributed by atoms with van der Waals surface area (Å²) in [7, 11) is 0. The Morgan fingerprint density at radius 2 is 1.91 bits per heavy atom. The molecule has 2 aromatic rings. The number of piperidine rings is 1. The molecule has 1 aliphatic carbocycles. The third kappa shape index (κ3) is 2.25. The van der Waals surface area contributed by atoms with E-state index in [2.05, 4.69) is 24.3 Å². The van der Waals surface area contributed by atoms with Gasteiger partial charge in [0.15, 0.2) is 0 Å². The van der Waals surface area contributed by atoms with E-state index in [4.69, 9.17) is 11.5 Å². The number of nitrogens with two attached hydrogens (primary N) is 2. The number of nitrogen functional groups attached to an aromatic ring is 2. The van der Waals surface area contributed by atoms with Crippen LogP contribution in [0, 0.1) is 0 Å². The molecule has 0 saturated carbocycles. The zero-order chi connectivity index (χ0) is 16.0. The zero-order valence-electron chi connectivity index (χ0n) is 13.0. The maximum absolute atomic E-state index is 13.0. The van der Waals surface area contributed by atoms with Crippen LogP contribution in [0.4, 0.5) is 11.4 Å². The fourth-order valence-electron chi connectivity index (χ4n) is 4.11. The number of nitrogens with zero attached hydrogens (tertiary/aromatic N) is 1. The van der Waals surface area contributed by atoms with Crippen molar-refractivity contribution in [2.45, 2.75) is 31.2 Å². The van der Waals surface area contributed by atoms with E-state index in [1.165, 1.54) is 11.1 Å². The van der Waals surface area contributed by atoms with E-state index >= 15 is 0 Å². The Kier molecular flexibility index (Phi) is 3.26. The second kappa shape index (κ2) is 5.30. The van der Waals surface area contributed by atoms with Crippen LogP contribution in [0.15, 0.2) is 42.5 Å². The molecule has 0 spiro atoms. The van der Waals surface area contributed by atoms with E-state index in [1.54, 1.807) is 18.2 Å². The molecule has 0 bridgehead atoms. The second-order valence-electron chi connectivity index (χ2n) is 6.56. The molecule has 2 atom stereocenters. The highest BCUT2D eigenvalue weighted by Gasteiger charge is 2.40. The number of anilines is 2. The standard InChI is InChI=1S/C19H21N3O/c20-16-8-7-13(10-17(16)21)19(23)22-9-3-6-15-14-5-2-1-4-12(14)11-18(15)22/h1-2,4-5,7-8,10,15,18H,3,6,9,11,20-21H2/t15-,18+/m1/s1. The Bertz CT molecular complexity index is 771. The lowest BCUT2D eigenvalue weighted by Crippen LogP contribution is -2.46. The van der Waals surface area contributed by atoms with E-state index < -0.39 is 0 Å². The molecule has 2 aliphatic rings. The molecule has 0 aromatic heterocycles. The minimum atomic E-state index is 0.0687. The van der Waals surface area contributed by atoms with Gasteiger partial charge in [0, 0.05) is 24.1 Å². The van der Waals surface area contributed by atoms with Crippen LogP contribution in [0.5, 0.6) is 0 Å². The first-order valence-corrected chi connectivity index (χ1v) is 8.19. The summed E-state index contributed by atoms with van der Waals surface area (Å²) in [5.41, 5.74) is 16.1. The highest BCUT2D eigenvalue weighted by Crippen LogP contribution is 2.42. The summed E-state index contributed by atoms with van der Waals surface area (Å²) in [6.45, 7) is 0.818. The lowest BCUT2D eigenvalue weighted by Gasteiger charge is -2.38. The summed E-state index contributed by atoms with van der Waals surface area (Å²) in [6.07, 6.45) is 3.16. The van der Waals surface area contributed by atoms with Crippen molar-refractivity contribution in [1.82, 2.24) is 4.90 Å². The first-order chi connectivity index (χ1) is 11.1. The van der Waals surface area contributed by atoms with E-state index in [-0.39, 0.29) is 11.9 Å². The number of hydrogen-bond donors (Lipinski definition) is 2. The third-order valence-electron chi connectivity index (χ3n) is 5.26. The molecule has 1 amide bonds. The van der Waals surface area contributed by atoms with Crippen molar-refractivity contribution in [2.75, 3.05) is 18.0 Å². The number of benzene rings is 2. The Morgan fingerprint density at radius 1 is 1.09 bits per heavy atom. The van der Waals surface area contributed by atoms with E-state index in [0.717, 1.165) is 25.8 Å². The van der Waals surface area contributed by atoms with Crippen molar-refractivity contribution in [3.8, 4) is 0 Å². The van der Waals surface area contributed by atoms with Crippen molar-refractivity contribution in [3.63, 3.8) is 0 Å². The molecule has 4 heteroatoms. The molecule has 1 saturated heterocycles. The molecule has 1 heterocycles. The Balaban J connectivity index is 1.65. The van der Waals surface area contributed by atoms with Crippen LogP contribution < -0.4 is 11.5 Å². The molecule has 1 aliphatic heterocycles. The van der Waals surface area contributed by atoms with Crippen molar-refractivity contribution in [2.24, 2.45) is 0 Å². The fourth-order valence-corrected chi connectivity index (χ4v) is 4.11. The van der Waals surface area contributed by atoms with Gasteiger partial charge in [-0.15, -0.1) is 0 Å². The molecule has 1 fully saturated rings. The van der Waals surface area contributed by atoms with Gasteiger partial charge in [-0.3, -0.25) is 4.79 Å². The first-order valence-electron chi connectivity index (χ1n) is 8.19. The number of carbonyl (C=O) groups excluding carboxylic acids is 1. The van der Waals surface area contributed by atoms with Crippen LogP contribution in [-0.2, 0) is 6.42 Å². The molecule has 2 aromatic carbocycles. The summed E-state index contributed by atoms with van der Waals surface area (Å²) in [4.78, 5) is 15.0. The van der Waals surface area contributed by atoms with Crippen LogP contribution >= 0.6 is 0 Å². The number of fused-ring (bicyclic) bond motifs is 3. The topological polar surface area (TPSA) is 72.4 Å². The van der Waals surface area contributed by atoms with Crippen LogP contribution in [0.25, 0.3) is 0 Å². The van der Waals surface area contributed by atoms with Gasteiger partial charge in [-0.25, -0.2) is 0 Å².